The molecule has 0 aliphatic carbocycles. The Morgan fingerprint density at radius 1 is 1.15 bits per heavy atom. The van der Waals surface area contributed by atoms with Gasteiger partial charge in [0.1, 0.15) is 18.1 Å². The molecule has 6 nitrogen and oxygen atoms in total. The normalized spacial score (nSPS) is 14.9. The van der Waals surface area contributed by atoms with Crippen LogP contribution in [0.15, 0.2) is 68.8 Å². The van der Waals surface area contributed by atoms with Gasteiger partial charge in [0.15, 0.2) is 0 Å². The van der Waals surface area contributed by atoms with Crippen LogP contribution in [-0.2, 0) is 9.59 Å². The van der Waals surface area contributed by atoms with Crippen molar-refractivity contribution in [3.8, 4) is 11.3 Å². The Labute approximate surface area is 208 Å². The summed E-state index contributed by atoms with van der Waals surface area (Å²) in [4.78, 5) is 39.6. The average molecular weight is 519 g/mol. The number of anilines is 1. The van der Waals surface area contributed by atoms with Gasteiger partial charge in [0.25, 0.3) is 11.1 Å². The minimum absolute atomic E-state index is 0.167. The molecule has 2 heterocycles. The van der Waals surface area contributed by atoms with E-state index in [1.165, 1.54) is 6.08 Å². The van der Waals surface area contributed by atoms with Crippen molar-refractivity contribution < 1.29 is 18.8 Å². The van der Waals surface area contributed by atoms with Crippen LogP contribution in [0, 0.1) is 0 Å². The molecule has 4 rings (SSSR count). The zero-order chi connectivity index (χ0) is 23.5. The maximum Gasteiger partial charge on any atom is 0.294 e. The topological polar surface area (TPSA) is 79.6 Å². The number of carbonyl (C=O) groups excluding carboxylic acids is 3. The average Bonchev–Trinajstić information content (AvgIpc) is 3.34. The van der Waals surface area contributed by atoms with E-state index in [1.54, 1.807) is 48.2 Å². The van der Waals surface area contributed by atoms with Crippen LogP contribution in [-0.4, -0.2) is 34.8 Å². The van der Waals surface area contributed by atoms with Gasteiger partial charge in [0, 0.05) is 27.2 Å². The molecule has 0 atom stereocenters. The molecule has 1 aliphatic heterocycles. The maximum absolute atomic E-state index is 12.7. The lowest BCUT2D eigenvalue weighted by atomic mass is 10.2. The summed E-state index contributed by atoms with van der Waals surface area (Å²) in [5.74, 6) is -0.149. The molecule has 0 bridgehead atoms. The number of rotatable bonds is 6. The van der Waals surface area contributed by atoms with E-state index in [1.807, 2.05) is 24.5 Å². The number of nitrogens with zero attached hydrogens (tertiary/aromatic N) is 1. The molecule has 0 saturated carbocycles. The molecule has 10 heteroatoms. The van der Waals surface area contributed by atoms with Crippen LogP contribution < -0.4 is 5.32 Å². The standard InChI is InChI=1S/C23H16Cl2N2O4S2/c1-32-16-4-2-3-14(10-16)26-21(28)12-27-22(29)20(33-23(27)30)11-15-6-8-19(31-15)17-7-5-13(24)9-18(17)25/h2-11H,12H2,1H3,(H,26,28)/b20-11+. The number of hydrogen-bond acceptors (Lipinski definition) is 6. The quantitative estimate of drug-likeness (QED) is 0.290. The van der Waals surface area contributed by atoms with Crippen molar-refractivity contribution in [2.24, 2.45) is 0 Å². The van der Waals surface area contributed by atoms with Crippen molar-refractivity contribution in [1.82, 2.24) is 4.90 Å². The summed E-state index contributed by atoms with van der Waals surface area (Å²) in [6.45, 7) is -0.380. The van der Waals surface area contributed by atoms with Crippen LogP contribution in [0.25, 0.3) is 17.4 Å². The van der Waals surface area contributed by atoms with Gasteiger partial charge in [-0.05, 0) is 66.5 Å². The molecule has 1 aromatic heterocycles. The fourth-order valence-electron chi connectivity index (χ4n) is 3.07. The SMILES string of the molecule is CSc1cccc(NC(=O)CN2C(=O)S/C(=C/c3ccc(-c4ccc(Cl)cc4Cl)o3)C2=O)c1. The van der Waals surface area contributed by atoms with E-state index in [0.29, 0.717) is 32.8 Å². The van der Waals surface area contributed by atoms with Crippen LogP contribution in [0.2, 0.25) is 10.0 Å². The van der Waals surface area contributed by atoms with Gasteiger partial charge in [-0.3, -0.25) is 19.3 Å². The summed E-state index contributed by atoms with van der Waals surface area (Å²) >= 11 is 14.4. The van der Waals surface area contributed by atoms with E-state index < -0.39 is 17.1 Å². The van der Waals surface area contributed by atoms with Crippen molar-refractivity contribution >= 4 is 75.5 Å². The highest BCUT2D eigenvalue weighted by atomic mass is 35.5. The van der Waals surface area contributed by atoms with Gasteiger partial charge in [-0.15, -0.1) is 11.8 Å². The largest absolute Gasteiger partial charge is 0.457 e. The van der Waals surface area contributed by atoms with E-state index in [9.17, 15) is 14.4 Å². The Hall–Kier alpha value is -2.65. The second-order valence-electron chi connectivity index (χ2n) is 6.87. The summed E-state index contributed by atoms with van der Waals surface area (Å²) in [7, 11) is 0. The van der Waals surface area contributed by atoms with Crippen LogP contribution in [0.3, 0.4) is 0 Å². The summed E-state index contributed by atoms with van der Waals surface area (Å²) in [5.41, 5.74) is 1.24. The van der Waals surface area contributed by atoms with Crippen molar-refractivity contribution in [3.63, 3.8) is 0 Å². The summed E-state index contributed by atoms with van der Waals surface area (Å²) < 4.78 is 5.77. The second kappa shape index (κ2) is 10.1. The second-order valence-corrected chi connectivity index (χ2v) is 9.59. The molecule has 0 unspecified atom stereocenters. The highest BCUT2D eigenvalue weighted by molar-refractivity contribution is 8.18. The van der Waals surface area contributed by atoms with Gasteiger partial charge < -0.3 is 9.73 Å². The van der Waals surface area contributed by atoms with Gasteiger partial charge in [0.05, 0.1) is 9.93 Å². The fraction of sp³-hybridized carbons (Fsp3) is 0.0870. The number of halogens is 2. The Morgan fingerprint density at radius 2 is 1.97 bits per heavy atom. The Bertz CT molecular complexity index is 1290. The molecule has 0 radical (unpaired) electrons. The van der Waals surface area contributed by atoms with E-state index in [4.69, 9.17) is 27.6 Å². The Kier molecular flexibility index (Phi) is 7.19. The van der Waals surface area contributed by atoms with Crippen LogP contribution in [0.5, 0.6) is 0 Å². The molecule has 1 fully saturated rings. The minimum atomic E-state index is -0.555. The molecule has 0 spiro atoms. The van der Waals surface area contributed by atoms with Gasteiger partial charge >= 0.3 is 0 Å². The van der Waals surface area contributed by atoms with Crippen molar-refractivity contribution in [1.29, 1.82) is 0 Å². The fourth-order valence-corrected chi connectivity index (χ4v) is 4.85. The van der Waals surface area contributed by atoms with Crippen LogP contribution >= 0.6 is 46.7 Å². The molecule has 33 heavy (non-hydrogen) atoms. The van der Waals surface area contributed by atoms with E-state index in [-0.39, 0.29) is 11.4 Å². The lowest BCUT2D eigenvalue weighted by molar-refractivity contribution is -0.127. The number of amides is 3. The van der Waals surface area contributed by atoms with Crippen LogP contribution in [0.4, 0.5) is 10.5 Å². The number of nitrogens with one attached hydrogen (secondary N) is 1. The highest BCUT2D eigenvalue weighted by Gasteiger charge is 2.36. The third-order valence-corrected chi connectivity index (χ3v) is 6.81. The first-order chi connectivity index (χ1) is 15.8. The molecular formula is C23H16Cl2N2O4S2. The van der Waals surface area contributed by atoms with Gasteiger partial charge in [-0.1, -0.05) is 29.3 Å². The molecule has 1 saturated heterocycles. The summed E-state index contributed by atoms with van der Waals surface area (Å²) in [6.07, 6.45) is 3.40. The molecule has 1 N–H and O–H groups in total. The molecule has 2 aromatic carbocycles. The molecule has 168 valence electrons. The number of thioether (sulfide) groups is 2. The maximum atomic E-state index is 12.7. The Morgan fingerprint density at radius 3 is 2.73 bits per heavy atom. The predicted octanol–water partition coefficient (Wildman–Crippen LogP) is 6.65. The number of benzene rings is 2. The first-order valence-corrected chi connectivity index (χ1v) is 12.4. The van der Waals surface area contributed by atoms with E-state index in [0.717, 1.165) is 21.6 Å². The van der Waals surface area contributed by atoms with Crippen molar-refractivity contribution in [3.05, 3.63) is 75.3 Å². The number of furan rings is 1. The van der Waals surface area contributed by atoms with E-state index >= 15 is 0 Å². The predicted molar refractivity (Wildman–Crippen MR) is 134 cm³/mol. The number of imide groups is 1. The first kappa shape index (κ1) is 23.5. The highest BCUT2D eigenvalue weighted by Crippen LogP contribution is 2.35. The van der Waals surface area contributed by atoms with Crippen LogP contribution in [0.1, 0.15) is 5.76 Å². The third kappa shape index (κ3) is 5.47. The lowest BCUT2D eigenvalue weighted by Crippen LogP contribution is -2.36. The number of hydrogen-bond donors (Lipinski definition) is 1. The van der Waals surface area contributed by atoms with Gasteiger partial charge in [-0.25, -0.2) is 0 Å². The van der Waals surface area contributed by atoms with Crippen molar-refractivity contribution in [2.45, 2.75) is 4.90 Å². The zero-order valence-corrected chi connectivity index (χ0v) is 20.3. The minimum Gasteiger partial charge on any atom is -0.457 e. The summed E-state index contributed by atoms with van der Waals surface area (Å²) in [5, 5.41) is 3.12. The number of carbonyl (C=O) groups is 3. The lowest BCUT2D eigenvalue weighted by Gasteiger charge is -2.12. The third-order valence-electron chi connectivity index (χ3n) is 4.63. The molecular weight excluding hydrogens is 503 g/mol. The molecule has 3 amide bonds. The smallest absolute Gasteiger partial charge is 0.294 e. The molecule has 1 aliphatic rings. The van der Waals surface area contributed by atoms with Gasteiger partial charge in [-0.2, -0.15) is 0 Å². The molecule has 3 aromatic rings. The zero-order valence-electron chi connectivity index (χ0n) is 17.1. The van der Waals surface area contributed by atoms with E-state index in [2.05, 4.69) is 5.32 Å². The summed E-state index contributed by atoms with van der Waals surface area (Å²) in [6, 6.07) is 15.7. The monoisotopic (exact) mass is 518 g/mol. The Balaban J connectivity index is 1.45. The van der Waals surface area contributed by atoms with Crippen molar-refractivity contribution in [2.75, 3.05) is 18.1 Å². The first-order valence-electron chi connectivity index (χ1n) is 9.58. The van der Waals surface area contributed by atoms with Gasteiger partial charge in [0.2, 0.25) is 5.91 Å².